The molecule has 1 amide bonds. The van der Waals surface area contributed by atoms with Gasteiger partial charge in [0.05, 0.1) is 20.1 Å². The highest BCUT2D eigenvalue weighted by Crippen LogP contribution is 2.36. The van der Waals surface area contributed by atoms with E-state index in [0.29, 0.717) is 5.76 Å². The number of nitrogens with zero attached hydrogens (tertiary/aromatic N) is 1. The molecule has 6 nitrogen and oxygen atoms in total. The molecule has 0 aromatic carbocycles. The van der Waals surface area contributed by atoms with E-state index in [1.165, 1.54) is 18.1 Å². The number of aliphatic hydroxyl groups is 1. The number of β-lactam (4-membered cyclic amide) rings is 1. The van der Waals surface area contributed by atoms with Crippen LogP contribution in [-0.2, 0) is 19.1 Å². The molecule has 0 aromatic rings. The molecule has 1 N–H and O–H groups in total. The number of fused-ring (bicyclic) bond motifs is 1. The first-order chi connectivity index (χ1) is 7.19. The fourth-order valence-electron chi connectivity index (χ4n) is 1.76. The molecule has 2 aliphatic rings. The van der Waals surface area contributed by atoms with Crippen molar-refractivity contribution in [1.29, 1.82) is 0 Å². The molecule has 0 aliphatic carbocycles. The lowest BCUT2D eigenvalue weighted by molar-refractivity contribution is -0.164. The minimum atomic E-state index is -0.826. The Morgan fingerprint density at radius 2 is 2.53 bits per heavy atom. The zero-order valence-corrected chi connectivity index (χ0v) is 8.17. The molecule has 2 fully saturated rings. The third-order valence-corrected chi connectivity index (χ3v) is 2.48. The van der Waals surface area contributed by atoms with E-state index in [4.69, 9.17) is 9.84 Å². The van der Waals surface area contributed by atoms with Crippen LogP contribution in [0.2, 0.25) is 0 Å². The zero-order valence-electron chi connectivity index (χ0n) is 8.17. The molecule has 0 bridgehead atoms. The molecule has 0 aromatic heterocycles. The SMILES string of the molecule is COC(=O)[C@H]1/C(=C/CO)O[C@H]2CC(=O)N21. The Kier molecular flexibility index (Phi) is 2.36. The number of aliphatic hydroxyl groups excluding tert-OH is 1. The molecule has 0 radical (unpaired) electrons. The van der Waals surface area contributed by atoms with Crippen molar-refractivity contribution >= 4 is 11.9 Å². The van der Waals surface area contributed by atoms with Crippen molar-refractivity contribution in [2.75, 3.05) is 13.7 Å². The molecule has 0 unspecified atom stereocenters. The summed E-state index contributed by atoms with van der Waals surface area (Å²) in [6.07, 6.45) is 1.27. The van der Waals surface area contributed by atoms with Gasteiger partial charge in [-0.05, 0) is 6.08 Å². The first-order valence-corrected chi connectivity index (χ1v) is 4.55. The standard InChI is InChI=1S/C9H11NO5/c1-14-9(13)8-5(2-3-11)15-7-4-6(12)10(7)8/h2,7-8,11H,3-4H2,1H3/b5-2-/t7-,8+/m0/s1. The second kappa shape index (κ2) is 3.54. The lowest BCUT2D eigenvalue weighted by Crippen LogP contribution is -2.55. The van der Waals surface area contributed by atoms with E-state index in [1.54, 1.807) is 0 Å². The van der Waals surface area contributed by atoms with Crippen LogP contribution in [0.1, 0.15) is 6.42 Å². The van der Waals surface area contributed by atoms with Crippen LogP contribution in [0.3, 0.4) is 0 Å². The number of esters is 1. The summed E-state index contributed by atoms with van der Waals surface area (Å²) >= 11 is 0. The van der Waals surface area contributed by atoms with Crippen LogP contribution >= 0.6 is 0 Å². The molecule has 2 aliphatic heterocycles. The van der Waals surface area contributed by atoms with Crippen LogP contribution in [0.25, 0.3) is 0 Å². The van der Waals surface area contributed by atoms with Gasteiger partial charge in [0.2, 0.25) is 5.91 Å². The van der Waals surface area contributed by atoms with E-state index in [1.807, 2.05) is 0 Å². The Balaban J connectivity index is 2.24. The first-order valence-electron chi connectivity index (χ1n) is 4.55. The second-order valence-corrected chi connectivity index (χ2v) is 3.29. The fraction of sp³-hybridized carbons (Fsp3) is 0.556. The van der Waals surface area contributed by atoms with Crippen molar-refractivity contribution in [3.8, 4) is 0 Å². The van der Waals surface area contributed by atoms with Gasteiger partial charge in [-0.1, -0.05) is 0 Å². The predicted molar refractivity (Wildman–Crippen MR) is 47.3 cm³/mol. The molecule has 2 rings (SSSR count). The van der Waals surface area contributed by atoms with Gasteiger partial charge in [0, 0.05) is 0 Å². The van der Waals surface area contributed by atoms with Gasteiger partial charge in [0.15, 0.2) is 12.3 Å². The normalized spacial score (nSPS) is 30.9. The lowest BCUT2D eigenvalue weighted by atomic mass is 10.1. The summed E-state index contributed by atoms with van der Waals surface area (Å²) < 4.78 is 9.89. The van der Waals surface area contributed by atoms with E-state index in [2.05, 4.69) is 4.74 Å². The van der Waals surface area contributed by atoms with E-state index < -0.39 is 12.0 Å². The Morgan fingerprint density at radius 1 is 1.80 bits per heavy atom. The highest BCUT2D eigenvalue weighted by molar-refractivity contribution is 5.91. The quantitative estimate of drug-likeness (QED) is 0.470. The number of rotatable bonds is 2. The minimum absolute atomic E-state index is 0.142. The smallest absolute Gasteiger partial charge is 0.336 e. The van der Waals surface area contributed by atoms with Gasteiger partial charge in [-0.2, -0.15) is 0 Å². The van der Waals surface area contributed by atoms with Crippen molar-refractivity contribution in [3.63, 3.8) is 0 Å². The monoisotopic (exact) mass is 213 g/mol. The third-order valence-electron chi connectivity index (χ3n) is 2.48. The van der Waals surface area contributed by atoms with Gasteiger partial charge >= 0.3 is 5.97 Å². The molecule has 2 atom stereocenters. The maximum absolute atomic E-state index is 11.4. The molecule has 2 saturated heterocycles. The third kappa shape index (κ3) is 1.37. The number of hydrogen-bond donors (Lipinski definition) is 1. The topological polar surface area (TPSA) is 76.1 Å². The van der Waals surface area contributed by atoms with Gasteiger partial charge in [-0.25, -0.2) is 4.79 Å². The van der Waals surface area contributed by atoms with Gasteiger partial charge in [0.1, 0.15) is 5.76 Å². The summed E-state index contributed by atoms with van der Waals surface area (Å²) in [5, 5.41) is 8.75. The Labute approximate surface area is 86.1 Å². The van der Waals surface area contributed by atoms with Crippen molar-refractivity contribution in [3.05, 3.63) is 11.8 Å². The number of ether oxygens (including phenoxy) is 2. The molecule has 0 spiro atoms. The highest BCUT2D eigenvalue weighted by Gasteiger charge is 2.53. The number of carbonyl (C=O) groups excluding carboxylic acids is 2. The van der Waals surface area contributed by atoms with Crippen LogP contribution in [0, 0.1) is 0 Å². The summed E-state index contributed by atoms with van der Waals surface area (Å²) in [7, 11) is 1.25. The van der Waals surface area contributed by atoms with Gasteiger partial charge in [0.25, 0.3) is 0 Å². The Morgan fingerprint density at radius 3 is 3.07 bits per heavy atom. The number of methoxy groups -OCH3 is 1. The average molecular weight is 213 g/mol. The number of hydrogen-bond acceptors (Lipinski definition) is 5. The molecule has 0 saturated carbocycles. The summed E-state index contributed by atoms with van der Waals surface area (Å²) in [4.78, 5) is 24.0. The summed E-state index contributed by atoms with van der Waals surface area (Å²) in [5.41, 5.74) is 0. The average Bonchev–Trinajstić information content (AvgIpc) is 2.50. The van der Waals surface area contributed by atoms with Gasteiger partial charge in [-0.15, -0.1) is 0 Å². The molecular weight excluding hydrogens is 202 g/mol. The first kappa shape index (κ1) is 9.97. The molecule has 15 heavy (non-hydrogen) atoms. The molecule has 82 valence electrons. The van der Waals surface area contributed by atoms with Crippen LogP contribution in [0.4, 0.5) is 0 Å². The van der Waals surface area contributed by atoms with Crippen LogP contribution in [0.5, 0.6) is 0 Å². The van der Waals surface area contributed by atoms with Crippen molar-refractivity contribution in [2.24, 2.45) is 0 Å². The summed E-state index contributed by atoms with van der Waals surface area (Å²) in [6, 6.07) is -0.826. The second-order valence-electron chi connectivity index (χ2n) is 3.29. The van der Waals surface area contributed by atoms with Gasteiger partial charge in [-0.3, -0.25) is 9.69 Å². The largest absolute Gasteiger partial charge is 0.472 e. The maximum atomic E-state index is 11.4. The van der Waals surface area contributed by atoms with Crippen LogP contribution in [-0.4, -0.2) is 47.9 Å². The summed E-state index contributed by atoms with van der Waals surface area (Å²) in [5.74, 6) is -0.401. The zero-order chi connectivity index (χ0) is 11.0. The van der Waals surface area contributed by atoms with Crippen molar-refractivity contribution < 1.29 is 24.2 Å². The number of carbonyl (C=O) groups is 2. The Bertz CT molecular complexity index is 337. The Hall–Kier alpha value is -1.56. The predicted octanol–water partition coefficient (Wildman–Crippen LogP) is -1.01. The van der Waals surface area contributed by atoms with Gasteiger partial charge < -0.3 is 14.6 Å². The highest BCUT2D eigenvalue weighted by atomic mass is 16.6. The molecule has 2 heterocycles. The van der Waals surface area contributed by atoms with E-state index in [0.717, 1.165) is 0 Å². The minimum Gasteiger partial charge on any atom is -0.472 e. The fourth-order valence-corrected chi connectivity index (χ4v) is 1.76. The number of amides is 1. The molecule has 6 heteroatoms. The van der Waals surface area contributed by atoms with E-state index >= 15 is 0 Å². The summed E-state index contributed by atoms with van der Waals surface area (Å²) in [6.45, 7) is -0.239. The maximum Gasteiger partial charge on any atom is 0.336 e. The van der Waals surface area contributed by atoms with Crippen LogP contribution in [0.15, 0.2) is 11.8 Å². The van der Waals surface area contributed by atoms with E-state index in [-0.39, 0.29) is 25.2 Å². The van der Waals surface area contributed by atoms with Crippen molar-refractivity contribution in [1.82, 2.24) is 4.90 Å². The van der Waals surface area contributed by atoms with E-state index in [9.17, 15) is 9.59 Å². The van der Waals surface area contributed by atoms with Crippen LogP contribution < -0.4 is 0 Å². The van der Waals surface area contributed by atoms with Crippen molar-refractivity contribution in [2.45, 2.75) is 18.7 Å². The molecular formula is C9H11NO5. The lowest BCUT2D eigenvalue weighted by Gasteiger charge is -2.33.